The van der Waals surface area contributed by atoms with Crippen molar-refractivity contribution in [2.24, 2.45) is 0 Å². The topological polar surface area (TPSA) is 79.8 Å². The van der Waals surface area contributed by atoms with Crippen LogP contribution >= 0.6 is 69.6 Å². The van der Waals surface area contributed by atoms with Gasteiger partial charge in [-0.2, -0.15) is 9.97 Å². The Balaban J connectivity index is 1.51. The van der Waals surface area contributed by atoms with E-state index < -0.39 is 13.6 Å². The Labute approximate surface area is 222 Å². The molecule has 12 heteroatoms. The lowest BCUT2D eigenvalue weighted by Crippen LogP contribution is -2.24. The highest BCUT2D eigenvalue weighted by molar-refractivity contribution is 6.67. The summed E-state index contributed by atoms with van der Waals surface area (Å²) >= 11 is 35.3. The lowest BCUT2D eigenvalue weighted by Gasteiger charge is -2.16. The van der Waals surface area contributed by atoms with E-state index in [1.54, 1.807) is 0 Å². The number of urea groups is 1. The smallest absolute Gasteiger partial charge is 0.307 e. The fourth-order valence-electron chi connectivity index (χ4n) is 3.78. The van der Waals surface area contributed by atoms with Crippen LogP contribution in [0.2, 0.25) is 0 Å². The number of halogens is 6. The van der Waals surface area contributed by atoms with Crippen molar-refractivity contribution in [1.82, 2.24) is 15.0 Å². The summed E-state index contributed by atoms with van der Waals surface area (Å²) in [6.07, 6.45) is 0. The monoisotopic (exact) mass is 571 g/mol. The second-order valence-corrected chi connectivity index (χ2v) is 11.9. The van der Waals surface area contributed by atoms with Crippen LogP contribution in [0.25, 0.3) is 32.3 Å². The van der Waals surface area contributed by atoms with E-state index in [4.69, 9.17) is 69.6 Å². The molecule has 172 valence electrons. The Hall–Kier alpha value is -2.06. The van der Waals surface area contributed by atoms with E-state index >= 15 is 0 Å². The van der Waals surface area contributed by atoms with Crippen molar-refractivity contribution in [3.8, 4) is 0 Å². The molecule has 0 spiro atoms. The summed E-state index contributed by atoms with van der Waals surface area (Å²) in [5, 5.41) is 11.6. The van der Waals surface area contributed by atoms with Crippen molar-refractivity contribution in [1.29, 1.82) is 0 Å². The van der Waals surface area contributed by atoms with Crippen molar-refractivity contribution in [3.63, 3.8) is 0 Å². The van der Waals surface area contributed by atoms with Crippen LogP contribution < -0.4 is 10.6 Å². The molecule has 0 aliphatic carbocycles. The minimum atomic E-state index is -2.04. The summed E-state index contributed by atoms with van der Waals surface area (Å²) < 4.78 is -4.07. The number of anilines is 2. The number of hydrogen-bond donors (Lipinski definition) is 2. The highest BCUT2D eigenvalue weighted by Gasteiger charge is 2.34. The first-order valence-corrected chi connectivity index (χ1v) is 11.9. The van der Waals surface area contributed by atoms with Crippen LogP contribution in [-0.2, 0) is 7.59 Å². The van der Waals surface area contributed by atoms with Gasteiger partial charge in [0.1, 0.15) is 0 Å². The number of benzene rings is 4. The highest BCUT2D eigenvalue weighted by atomic mass is 35.6. The predicted molar refractivity (Wildman–Crippen MR) is 141 cm³/mol. The molecule has 2 N–H and O–H groups in total. The van der Waals surface area contributed by atoms with E-state index in [0.717, 1.165) is 32.3 Å². The summed E-state index contributed by atoms with van der Waals surface area (Å²) in [4.78, 5) is 24.6. The standard InChI is InChI=1S/C22H11Cl6N5O/c23-21(24,25)17-30-18(22(26,27)28)32-19(31-17)33-20(34)29-14-9-7-12-5-4-10-2-1-3-11-6-8-13(14)16(12)15(10)11/h1-9H,(H2,29,30,31,32,33,34). The maximum atomic E-state index is 12.8. The van der Waals surface area contributed by atoms with Crippen LogP contribution in [0.3, 0.4) is 0 Å². The van der Waals surface area contributed by atoms with E-state index in [9.17, 15) is 4.79 Å². The molecule has 0 saturated carbocycles. The largest absolute Gasteiger partial charge is 0.326 e. The van der Waals surface area contributed by atoms with Gasteiger partial charge in [0, 0.05) is 5.39 Å². The fourth-order valence-corrected chi connectivity index (χ4v) is 4.29. The molecule has 5 aromatic rings. The molecule has 34 heavy (non-hydrogen) atoms. The van der Waals surface area contributed by atoms with Crippen LogP contribution in [0.15, 0.2) is 54.6 Å². The van der Waals surface area contributed by atoms with E-state index in [1.165, 1.54) is 0 Å². The molecule has 2 amide bonds. The number of nitrogens with one attached hydrogen (secondary N) is 2. The molecule has 0 radical (unpaired) electrons. The molecule has 0 aliphatic rings. The summed E-state index contributed by atoms with van der Waals surface area (Å²) in [5.41, 5.74) is 0.584. The second-order valence-electron chi connectivity index (χ2n) is 7.35. The van der Waals surface area contributed by atoms with Crippen molar-refractivity contribution in [2.45, 2.75) is 7.59 Å². The van der Waals surface area contributed by atoms with Crippen molar-refractivity contribution < 1.29 is 4.79 Å². The molecule has 0 fully saturated rings. The normalized spacial score (nSPS) is 12.5. The van der Waals surface area contributed by atoms with Crippen molar-refractivity contribution in [3.05, 3.63) is 66.2 Å². The zero-order valence-electron chi connectivity index (χ0n) is 16.7. The summed E-state index contributed by atoms with van der Waals surface area (Å²) in [7, 11) is 0. The number of carbonyl (C=O) groups excluding carboxylic acids is 1. The third-order valence-electron chi connectivity index (χ3n) is 5.14. The molecule has 5 rings (SSSR count). The number of nitrogens with zero attached hydrogens (tertiary/aromatic N) is 3. The molecule has 0 aliphatic heterocycles. The molecule has 0 unspecified atom stereocenters. The SMILES string of the molecule is O=C(Nc1nc(C(Cl)(Cl)Cl)nc(C(Cl)(Cl)Cl)n1)Nc1ccc2ccc3cccc4ccc1c2c34. The average Bonchev–Trinajstić information content (AvgIpc) is 2.77. The Morgan fingerprint density at radius 3 is 1.76 bits per heavy atom. The number of hydrogen-bond acceptors (Lipinski definition) is 4. The first-order chi connectivity index (χ1) is 16.0. The molecule has 0 bridgehead atoms. The molecular formula is C22H11Cl6N5O. The Kier molecular flexibility index (Phi) is 5.96. The summed E-state index contributed by atoms with van der Waals surface area (Å²) in [6.45, 7) is 0. The Morgan fingerprint density at radius 1 is 0.647 bits per heavy atom. The van der Waals surface area contributed by atoms with E-state index in [0.29, 0.717) is 5.69 Å². The zero-order valence-corrected chi connectivity index (χ0v) is 21.2. The van der Waals surface area contributed by atoms with Crippen LogP contribution in [0.5, 0.6) is 0 Å². The van der Waals surface area contributed by atoms with Gasteiger partial charge in [-0.3, -0.25) is 5.32 Å². The minimum Gasteiger partial charge on any atom is -0.307 e. The van der Waals surface area contributed by atoms with Crippen LogP contribution in [0.4, 0.5) is 16.4 Å². The molecule has 0 saturated heterocycles. The van der Waals surface area contributed by atoms with Gasteiger partial charge in [-0.05, 0) is 33.0 Å². The third-order valence-corrected chi connectivity index (χ3v) is 6.16. The molecule has 1 heterocycles. The minimum absolute atomic E-state index is 0.257. The fraction of sp³-hybridized carbons (Fsp3) is 0.0909. The van der Waals surface area contributed by atoms with Crippen LogP contribution in [0.1, 0.15) is 11.6 Å². The number of aromatic nitrogens is 3. The van der Waals surface area contributed by atoms with Gasteiger partial charge in [-0.25, -0.2) is 9.78 Å². The summed E-state index contributed by atoms with van der Waals surface area (Å²) in [5.74, 6) is -0.883. The molecule has 6 nitrogen and oxygen atoms in total. The Morgan fingerprint density at radius 2 is 1.18 bits per heavy atom. The Bertz CT molecular complexity index is 1520. The number of rotatable bonds is 2. The lowest BCUT2D eigenvalue weighted by atomic mass is 9.93. The van der Waals surface area contributed by atoms with Gasteiger partial charge in [0.2, 0.25) is 13.5 Å². The van der Waals surface area contributed by atoms with Crippen molar-refractivity contribution >= 4 is 120 Å². The molecular weight excluding hydrogens is 563 g/mol. The van der Waals surface area contributed by atoms with E-state index in [1.807, 2.05) is 30.3 Å². The van der Waals surface area contributed by atoms with Gasteiger partial charge in [0.15, 0.2) is 11.6 Å². The van der Waals surface area contributed by atoms with Gasteiger partial charge in [-0.1, -0.05) is 118 Å². The second kappa shape index (κ2) is 8.55. The maximum absolute atomic E-state index is 12.8. The van der Waals surface area contributed by atoms with Gasteiger partial charge >= 0.3 is 6.03 Å². The van der Waals surface area contributed by atoms with E-state index in [2.05, 4.69) is 49.9 Å². The summed E-state index contributed by atoms with van der Waals surface area (Å²) in [6, 6.07) is 17.3. The molecule has 4 aromatic carbocycles. The quantitative estimate of drug-likeness (QED) is 0.165. The first-order valence-electron chi connectivity index (χ1n) is 9.66. The number of alkyl halides is 6. The lowest BCUT2D eigenvalue weighted by molar-refractivity contribution is 0.262. The third kappa shape index (κ3) is 4.47. The predicted octanol–water partition coefficient (Wildman–Crippen LogP) is 8.07. The number of carbonyl (C=O) groups is 1. The zero-order chi connectivity index (χ0) is 24.3. The van der Waals surface area contributed by atoms with Crippen molar-refractivity contribution in [2.75, 3.05) is 10.6 Å². The molecule has 0 atom stereocenters. The van der Waals surface area contributed by atoms with E-state index in [-0.39, 0.29) is 17.6 Å². The van der Waals surface area contributed by atoms with Crippen LogP contribution in [0, 0.1) is 0 Å². The van der Waals surface area contributed by atoms with Gasteiger partial charge in [0.25, 0.3) is 0 Å². The first kappa shape index (κ1) is 23.7. The number of amides is 2. The maximum Gasteiger partial charge on any atom is 0.326 e. The van der Waals surface area contributed by atoms with Crippen LogP contribution in [-0.4, -0.2) is 21.0 Å². The highest BCUT2D eigenvalue weighted by Crippen LogP contribution is 2.41. The van der Waals surface area contributed by atoms with Gasteiger partial charge in [-0.15, -0.1) is 0 Å². The molecule has 1 aromatic heterocycles. The van der Waals surface area contributed by atoms with Gasteiger partial charge in [0.05, 0.1) is 5.69 Å². The van der Waals surface area contributed by atoms with Gasteiger partial charge < -0.3 is 5.32 Å². The average molecular weight is 574 g/mol.